The molecule has 1 aliphatic carbocycles. The van der Waals surface area contributed by atoms with E-state index in [2.05, 4.69) is 65.6 Å². The molecule has 3 rings (SSSR count). The second-order valence-corrected chi connectivity index (χ2v) is 6.17. The van der Waals surface area contributed by atoms with E-state index >= 15 is 0 Å². The summed E-state index contributed by atoms with van der Waals surface area (Å²) in [7, 11) is 0. The van der Waals surface area contributed by atoms with Gasteiger partial charge in [-0.3, -0.25) is 9.69 Å². The lowest BCUT2D eigenvalue weighted by molar-refractivity contribution is -0.129. The molecule has 0 aliphatic heterocycles. The standard InChI is InChI=1S/C20H23NO/c22-20-12-11-19(20)13-14-21(15-17-7-3-1-4-8-17)16-18-9-5-2-6-10-18/h1-10,19H,11-16H2. The molecule has 22 heavy (non-hydrogen) atoms. The molecule has 114 valence electrons. The lowest BCUT2D eigenvalue weighted by Crippen LogP contribution is -2.31. The van der Waals surface area contributed by atoms with Crippen molar-refractivity contribution in [2.45, 2.75) is 32.4 Å². The van der Waals surface area contributed by atoms with E-state index in [1.165, 1.54) is 11.1 Å². The highest BCUT2D eigenvalue weighted by molar-refractivity contribution is 5.86. The second-order valence-electron chi connectivity index (χ2n) is 6.17. The number of carbonyl (C=O) groups excluding carboxylic acids is 1. The van der Waals surface area contributed by atoms with E-state index in [0.717, 1.165) is 38.9 Å². The smallest absolute Gasteiger partial charge is 0.136 e. The topological polar surface area (TPSA) is 20.3 Å². The number of hydrogen-bond acceptors (Lipinski definition) is 2. The van der Waals surface area contributed by atoms with Gasteiger partial charge in [0.15, 0.2) is 0 Å². The maximum Gasteiger partial charge on any atom is 0.136 e. The van der Waals surface area contributed by atoms with E-state index in [0.29, 0.717) is 11.7 Å². The van der Waals surface area contributed by atoms with Crippen molar-refractivity contribution in [1.82, 2.24) is 4.90 Å². The molecule has 1 fully saturated rings. The molecule has 0 saturated heterocycles. The van der Waals surface area contributed by atoms with Gasteiger partial charge in [0.2, 0.25) is 0 Å². The average Bonchev–Trinajstić information content (AvgIpc) is 2.55. The Morgan fingerprint density at radius 3 is 1.82 bits per heavy atom. The van der Waals surface area contributed by atoms with Crippen LogP contribution in [-0.2, 0) is 17.9 Å². The molecule has 2 nitrogen and oxygen atoms in total. The Bertz CT molecular complexity index is 552. The first-order chi connectivity index (χ1) is 10.8. The minimum absolute atomic E-state index is 0.314. The summed E-state index contributed by atoms with van der Waals surface area (Å²) in [5.41, 5.74) is 2.66. The number of benzene rings is 2. The molecule has 2 aromatic rings. The lowest BCUT2D eigenvalue weighted by atomic mass is 9.81. The van der Waals surface area contributed by atoms with Crippen LogP contribution in [0.2, 0.25) is 0 Å². The fraction of sp³-hybridized carbons (Fsp3) is 0.350. The highest BCUT2D eigenvalue weighted by Crippen LogP contribution is 2.26. The molecule has 0 bridgehead atoms. The van der Waals surface area contributed by atoms with Gasteiger partial charge in [0.05, 0.1) is 0 Å². The fourth-order valence-electron chi connectivity index (χ4n) is 3.01. The molecule has 0 heterocycles. The highest BCUT2D eigenvalue weighted by Gasteiger charge is 2.27. The Morgan fingerprint density at radius 2 is 1.41 bits per heavy atom. The molecule has 2 aromatic carbocycles. The zero-order valence-electron chi connectivity index (χ0n) is 12.9. The SMILES string of the molecule is O=C1CCC1CCN(Cc1ccccc1)Cc1ccccc1. The van der Waals surface area contributed by atoms with Crippen molar-refractivity contribution in [3.8, 4) is 0 Å². The van der Waals surface area contributed by atoms with Gasteiger partial charge in [-0.1, -0.05) is 60.7 Å². The number of carbonyl (C=O) groups is 1. The molecule has 1 saturated carbocycles. The first-order valence-corrected chi connectivity index (χ1v) is 8.14. The van der Waals surface area contributed by atoms with Crippen LogP contribution in [0.4, 0.5) is 0 Å². The van der Waals surface area contributed by atoms with E-state index < -0.39 is 0 Å². The van der Waals surface area contributed by atoms with Crippen molar-refractivity contribution in [3.05, 3.63) is 71.8 Å². The Kier molecular flexibility index (Phi) is 5.02. The van der Waals surface area contributed by atoms with Crippen LogP contribution in [0.15, 0.2) is 60.7 Å². The van der Waals surface area contributed by atoms with E-state index in [1.807, 2.05) is 0 Å². The third-order valence-electron chi connectivity index (χ3n) is 4.49. The van der Waals surface area contributed by atoms with Crippen LogP contribution in [0.25, 0.3) is 0 Å². The molecular weight excluding hydrogens is 270 g/mol. The molecule has 1 atom stereocenters. The third-order valence-corrected chi connectivity index (χ3v) is 4.49. The number of rotatable bonds is 7. The molecule has 0 aromatic heterocycles. The first kappa shape index (κ1) is 15.0. The summed E-state index contributed by atoms with van der Waals surface area (Å²) in [4.78, 5) is 14.0. The summed E-state index contributed by atoms with van der Waals surface area (Å²) in [6.07, 6.45) is 2.88. The summed E-state index contributed by atoms with van der Waals surface area (Å²) in [5.74, 6) is 0.772. The second kappa shape index (κ2) is 7.37. The molecule has 1 unspecified atom stereocenters. The minimum atomic E-state index is 0.314. The molecule has 0 amide bonds. The van der Waals surface area contributed by atoms with Crippen LogP contribution in [0, 0.1) is 5.92 Å². The molecule has 0 radical (unpaired) electrons. The van der Waals surface area contributed by atoms with Crippen LogP contribution in [0.1, 0.15) is 30.4 Å². The monoisotopic (exact) mass is 293 g/mol. The average molecular weight is 293 g/mol. The Morgan fingerprint density at radius 1 is 0.864 bits per heavy atom. The van der Waals surface area contributed by atoms with Gasteiger partial charge in [-0.2, -0.15) is 0 Å². The highest BCUT2D eigenvalue weighted by atomic mass is 16.1. The van der Waals surface area contributed by atoms with Gasteiger partial charge in [0.25, 0.3) is 0 Å². The predicted octanol–water partition coefficient (Wildman–Crippen LogP) is 4.06. The fourth-order valence-corrected chi connectivity index (χ4v) is 3.01. The normalized spacial score (nSPS) is 17.5. The molecule has 2 heteroatoms. The van der Waals surface area contributed by atoms with Gasteiger partial charge in [-0.25, -0.2) is 0 Å². The van der Waals surface area contributed by atoms with Crippen molar-refractivity contribution >= 4 is 5.78 Å². The molecule has 0 spiro atoms. The van der Waals surface area contributed by atoms with Gasteiger partial charge < -0.3 is 0 Å². The summed E-state index contributed by atoms with van der Waals surface area (Å²) in [5, 5.41) is 0. The first-order valence-electron chi connectivity index (χ1n) is 8.14. The van der Waals surface area contributed by atoms with E-state index in [1.54, 1.807) is 0 Å². The predicted molar refractivity (Wildman–Crippen MR) is 89.3 cm³/mol. The van der Waals surface area contributed by atoms with Crippen LogP contribution in [-0.4, -0.2) is 17.2 Å². The summed E-state index contributed by atoms with van der Waals surface area (Å²) in [6.45, 7) is 2.87. The van der Waals surface area contributed by atoms with Crippen LogP contribution >= 0.6 is 0 Å². The quantitative estimate of drug-likeness (QED) is 0.767. The van der Waals surface area contributed by atoms with Gasteiger partial charge >= 0.3 is 0 Å². The summed E-state index contributed by atoms with van der Waals surface area (Å²) >= 11 is 0. The van der Waals surface area contributed by atoms with Gasteiger partial charge in [-0.15, -0.1) is 0 Å². The van der Waals surface area contributed by atoms with Gasteiger partial charge in [0.1, 0.15) is 5.78 Å². The molecular formula is C20H23NO. The number of hydrogen-bond donors (Lipinski definition) is 0. The maximum atomic E-state index is 11.5. The van der Waals surface area contributed by atoms with Crippen LogP contribution in [0.5, 0.6) is 0 Å². The summed E-state index contributed by atoms with van der Waals surface area (Å²) in [6, 6.07) is 21.2. The van der Waals surface area contributed by atoms with Crippen LogP contribution in [0.3, 0.4) is 0 Å². The number of nitrogens with zero attached hydrogens (tertiary/aromatic N) is 1. The van der Waals surface area contributed by atoms with E-state index in [-0.39, 0.29) is 0 Å². The lowest BCUT2D eigenvalue weighted by Gasteiger charge is -2.28. The Balaban J connectivity index is 1.63. The number of ketones is 1. The Hall–Kier alpha value is -1.93. The van der Waals surface area contributed by atoms with Crippen LogP contribution < -0.4 is 0 Å². The van der Waals surface area contributed by atoms with E-state index in [4.69, 9.17) is 0 Å². The Labute approximate surface area is 132 Å². The third kappa shape index (κ3) is 4.05. The summed E-state index contributed by atoms with van der Waals surface area (Å²) < 4.78 is 0. The number of Topliss-reactive ketones (excluding diaryl/α,β-unsaturated/α-hetero) is 1. The van der Waals surface area contributed by atoms with Crippen molar-refractivity contribution in [2.24, 2.45) is 5.92 Å². The van der Waals surface area contributed by atoms with Crippen molar-refractivity contribution in [1.29, 1.82) is 0 Å². The van der Waals surface area contributed by atoms with Gasteiger partial charge in [-0.05, 0) is 30.5 Å². The zero-order valence-corrected chi connectivity index (χ0v) is 12.9. The minimum Gasteiger partial charge on any atom is -0.299 e. The van der Waals surface area contributed by atoms with Gasteiger partial charge in [0, 0.05) is 25.4 Å². The molecule has 1 aliphatic rings. The van der Waals surface area contributed by atoms with Crippen molar-refractivity contribution < 1.29 is 4.79 Å². The van der Waals surface area contributed by atoms with Crippen molar-refractivity contribution in [2.75, 3.05) is 6.54 Å². The molecule has 0 N–H and O–H groups in total. The zero-order chi connectivity index (χ0) is 15.2. The maximum absolute atomic E-state index is 11.5. The van der Waals surface area contributed by atoms with E-state index in [9.17, 15) is 4.79 Å². The van der Waals surface area contributed by atoms with Crippen molar-refractivity contribution in [3.63, 3.8) is 0 Å². The largest absolute Gasteiger partial charge is 0.299 e.